The van der Waals surface area contributed by atoms with Gasteiger partial charge < -0.3 is 9.42 Å². The van der Waals surface area contributed by atoms with Crippen LogP contribution in [0, 0.1) is 6.92 Å². The summed E-state index contributed by atoms with van der Waals surface area (Å²) in [5.41, 5.74) is 2.41. The number of carbonyl (C=O) groups excluding carboxylic acids is 1. The fourth-order valence-electron chi connectivity index (χ4n) is 3.76. The van der Waals surface area contributed by atoms with Crippen LogP contribution in [0.2, 0.25) is 0 Å². The van der Waals surface area contributed by atoms with Crippen LogP contribution >= 0.6 is 0 Å². The summed E-state index contributed by atoms with van der Waals surface area (Å²) in [5.74, 6) is 0.961. The van der Waals surface area contributed by atoms with Crippen LogP contribution in [0.3, 0.4) is 0 Å². The summed E-state index contributed by atoms with van der Waals surface area (Å²) in [5, 5.41) is 6.41. The summed E-state index contributed by atoms with van der Waals surface area (Å²) in [6.45, 7) is 2.93. The van der Waals surface area contributed by atoms with Gasteiger partial charge in [-0.05, 0) is 55.9 Å². The van der Waals surface area contributed by atoms with Crippen molar-refractivity contribution in [3.05, 3.63) is 41.2 Å². The number of anilines is 1. The first-order valence-corrected chi connectivity index (χ1v) is 11.0. The van der Waals surface area contributed by atoms with Crippen LogP contribution in [0.25, 0.3) is 0 Å². The molecule has 4 rings (SSSR count). The molecule has 0 unspecified atom stereocenters. The number of hydrogen-bond acceptors (Lipinski definition) is 5. The van der Waals surface area contributed by atoms with E-state index in [2.05, 4.69) is 10.5 Å². The summed E-state index contributed by atoms with van der Waals surface area (Å²) >= 11 is 0. The quantitative estimate of drug-likeness (QED) is 0.847. The van der Waals surface area contributed by atoms with Gasteiger partial charge in [0.1, 0.15) is 5.76 Å². The number of piperazine rings is 1. The Kier molecular flexibility index (Phi) is 5.11. The van der Waals surface area contributed by atoms with E-state index in [0.717, 1.165) is 31.2 Å². The lowest BCUT2D eigenvalue weighted by Crippen LogP contribution is -2.51. The third-order valence-corrected chi connectivity index (χ3v) is 7.24. The van der Waals surface area contributed by atoms with Crippen molar-refractivity contribution < 1.29 is 17.7 Å². The molecule has 1 N–H and O–H groups in total. The second-order valence-corrected chi connectivity index (χ2v) is 9.22. The van der Waals surface area contributed by atoms with Crippen LogP contribution in [-0.2, 0) is 22.9 Å². The van der Waals surface area contributed by atoms with E-state index in [1.165, 1.54) is 9.87 Å². The maximum atomic E-state index is 13.0. The van der Waals surface area contributed by atoms with Crippen molar-refractivity contribution in [1.82, 2.24) is 14.4 Å². The van der Waals surface area contributed by atoms with Gasteiger partial charge in [0.2, 0.25) is 10.0 Å². The van der Waals surface area contributed by atoms with Crippen LogP contribution in [0.15, 0.2) is 33.7 Å². The second-order valence-electron chi connectivity index (χ2n) is 7.28. The van der Waals surface area contributed by atoms with Gasteiger partial charge in [0.05, 0.1) is 4.90 Å². The maximum Gasteiger partial charge on any atom is 0.323 e. The largest absolute Gasteiger partial charge is 0.360 e. The van der Waals surface area contributed by atoms with E-state index >= 15 is 0 Å². The van der Waals surface area contributed by atoms with Crippen LogP contribution in [0.1, 0.15) is 29.7 Å². The summed E-state index contributed by atoms with van der Waals surface area (Å²) in [4.78, 5) is 14.3. The number of urea groups is 1. The number of aromatic nitrogens is 1. The number of hydrogen-bond donors (Lipinski definition) is 1. The molecule has 1 aromatic heterocycles. The number of sulfonamides is 1. The Morgan fingerprint density at radius 1 is 1.07 bits per heavy atom. The molecular weight excluding hydrogens is 380 g/mol. The van der Waals surface area contributed by atoms with Crippen molar-refractivity contribution in [2.24, 2.45) is 0 Å². The summed E-state index contributed by atoms with van der Waals surface area (Å²) in [6.07, 6.45) is 4.23. The Morgan fingerprint density at radius 2 is 1.79 bits per heavy atom. The minimum absolute atomic E-state index is 0.269. The van der Waals surface area contributed by atoms with Gasteiger partial charge in [0.25, 0.3) is 0 Å². The van der Waals surface area contributed by atoms with Crippen LogP contribution in [0.5, 0.6) is 0 Å². The van der Waals surface area contributed by atoms with Crippen LogP contribution < -0.4 is 5.32 Å². The van der Waals surface area contributed by atoms with E-state index in [1.54, 1.807) is 24.0 Å². The molecule has 0 saturated carbocycles. The van der Waals surface area contributed by atoms with Crippen molar-refractivity contribution in [3.63, 3.8) is 0 Å². The van der Waals surface area contributed by atoms with E-state index in [0.29, 0.717) is 29.6 Å². The zero-order chi connectivity index (χ0) is 19.7. The Bertz CT molecular complexity index is 978. The Balaban J connectivity index is 1.40. The number of amides is 2. The molecule has 2 amide bonds. The molecule has 1 aromatic carbocycles. The Morgan fingerprint density at radius 3 is 2.46 bits per heavy atom. The lowest BCUT2D eigenvalue weighted by molar-refractivity contribution is 0.184. The summed E-state index contributed by atoms with van der Waals surface area (Å²) < 4.78 is 32.4. The average molecular weight is 404 g/mol. The molecule has 8 nitrogen and oxygen atoms in total. The number of carbonyl (C=O) groups is 1. The molecule has 2 heterocycles. The van der Waals surface area contributed by atoms with E-state index in [1.807, 2.05) is 12.1 Å². The highest BCUT2D eigenvalue weighted by Gasteiger charge is 2.31. The molecule has 2 aliphatic rings. The Labute approximate surface area is 164 Å². The molecular formula is C19H24N4O4S. The maximum absolute atomic E-state index is 13.0. The van der Waals surface area contributed by atoms with Crippen LogP contribution in [-0.4, -0.2) is 55.0 Å². The predicted octanol–water partition coefficient (Wildman–Crippen LogP) is 2.40. The standard InChI is InChI=1S/C19H24N4O4S/c1-14-12-18(21-27-14)20-19(24)22-8-10-23(11-9-22)28(25,26)17-7-6-15-4-2-3-5-16(15)13-17/h6-7,12-13H,2-5,8-11H2,1H3,(H,20,21,24). The van der Waals surface area contributed by atoms with E-state index in [-0.39, 0.29) is 19.1 Å². The van der Waals surface area contributed by atoms with Crippen LogP contribution in [0.4, 0.5) is 10.6 Å². The van der Waals surface area contributed by atoms with E-state index in [9.17, 15) is 13.2 Å². The third kappa shape index (κ3) is 3.77. The van der Waals surface area contributed by atoms with Gasteiger partial charge in [0.15, 0.2) is 5.82 Å². The topological polar surface area (TPSA) is 95.8 Å². The molecule has 2 aromatic rings. The van der Waals surface area contributed by atoms with Crippen molar-refractivity contribution >= 4 is 21.9 Å². The molecule has 1 fully saturated rings. The molecule has 0 radical (unpaired) electrons. The highest BCUT2D eigenvalue weighted by Crippen LogP contribution is 2.26. The molecule has 9 heteroatoms. The SMILES string of the molecule is Cc1cc(NC(=O)N2CCN(S(=O)(=O)c3ccc4c(c3)CCCC4)CC2)no1. The van der Waals surface area contributed by atoms with Crippen molar-refractivity contribution in [1.29, 1.82) is 0 Å². The third-order valence-electron chi connectivity index (χ3n) is 5.35. The predicted molar refractivity (Wildman–Crippen MR) is 104 cm³/mol. The minimum atomic E-state index is -3.55. The van der Waals surface area contributed by atoms with Gasteiger partial charge in [-0.3, -0.25) is 5.32 Å². The van der Waals surface area contributed by atoms with Crippen molar-refractivity contribution in [3.8, 4) is 0 Å². The molecule has 150 valence electrons. The van der Waals surface area contributed by atoms with Gasteiger partial charge in [0, 0.05) is 32.2 Å². The first kappa shape index (κ1) is 18.9. The normalized spacial score (nSPS) is 18.0. The summed E-state index contributed by atoms with van der Waals surface area (Å²) in [6, 6.07) is 6.82. The fraction of sp³-hybridized carbons (Fsp3) is 0.474. The van der Waals surface area contributed by atoms with Gasteiger partial charge in [-0.15, -0.1) is 0 Å². The molecule has 1 aliphatic carbocycles. The number of nitrogens with one attached hydrogen (secondary N) is 1. The number of nitrogens with zero attached hydrogens (tertiary/aromatic N) is 3. The number of benzene rings is 1. The zero-order valence-corrected chi connectivity index (χ0v) is 16.7. The smallest absolute Gasteiger partial charge is 0.323 e. The van der Waals surface area contributed by atoms with E-state index < -0.39 is 10.0 Å². The molecule has 1 aliphatic heterocycles. The highest BCUT2D eigenvalue weighted by molar-refractivity contribution is 7.89. The van der Waals surface area contributed by atoms with Crippen molar-refractivity contribution in [2.75, 3.05) is 31.5 Å². The molecule has 28 heavy (non-hydrogen) atoms. The Hall–Kier alpha value is -2.39. The first-order chi connectivity index (χ1) is 13.4. The second kappa shape index (κ2) is 7.56. The molecule has 0 bridgehead atoms. The minimum Gasteiger partial charge on any atom is -0.360 e. The van der Waals surface area contributed by atoms with Gasteiger partial charge >= 0.3 is 6.03 Å². The number of fused-ring (bicyclic) bond motifs is 1. The molecule has 0 atom stereocenters. The number of rotatable bonds is 3. The van der Waals surface area contributed by atoms with E-state index in [4.69, 9.17) is 4.52 Å². The fourth-order valence-corrected chi connectivity index (χ4v) is 5.24. The average Bonchev–Trinajstić information content (AvgIpc) is 3.12. The van der Waals surface area contributed by atoms with Gasteiger partial charge in [-0.25, -0.2) is 13.2 Å². The zero-order valence-electron chi connectivity index (χ0n) is 15.8. The molecule has 1 saturated heterocycles. The lowest BCUT2D eigenvalue weighted by atomic mass is 9.92. The van der Waals surface area contributed by atoms with Gasteiger partial charge in [-0.2, -0.15) is 4.31 Å². The van der Waals surface area contributed by atoms with Crippen molar-refractivity contribution in [2.45, 2.75) is 37.5 Å². The monoisotopic (exact) mass is 404 g/mol. The van der Waals surface area contributed by atoms with Gasteiger partial charge in [-0.1, -0.05) is 11.2 Å². The highest BCUT2D eigenvalue weighted by atomic mass is 32.2. The first-order valence-electron chi connectivity index (χ1n) is 9.55. The number of aryl methyl sites for hydroxylation is 3. The summed E-state index contributed by atoms with van der Waals surface area (Å²) in [7, 11) is -3.55. The lowest BCUT2D eigenvalue weighted by Gasteiger charge is -2.34. The molecule has 0 spiro atoms.